The number of hydrogen-bond acceptors (Lipinski definition) is 3. The number of amidine groups is 1. The summed E-state index contributed by atoms with van der Waals surface area (Å²) >= 11 is 0. The maximum absolute atomic E-state index is 12.2. The molecular formula is C71H48N6. The number of fused-ring (bicyclic) bond motifs is 6. The minimum Gasteiger partial charge on any atom is -0.297 e. The van der Waals surface area contributed by atoms with Crippen LogP contribution in [0.3, 0.4) is 0 Å². The fourth-order valence-electron chi connectivity index (χ4n) is 11.4. The predicted octanol–water partition coefficient (Wildman–Crippen LogP) is 18.0. The second-order valence-corrected chi connectivity index (χ2v) is 19.7. The van der Waals surface area contributed by atoms with Crippen molar-refractivity contribution in [3.05, 3.63) is 278 Å². The molecule has 0 unspecified atom stereocenters. The second kappa shape index (κ2) is 18.9. The molecule has 77 heavy (non-hydrogen) atoms. The minimum absolute atomic E-state index is 0.521. The van der Waals surface area contributed by atoms with Crippen LogP contribution in [0.1, 0.15) is 16.7 Å². The van der Waals surface area contributed by atoms with Gasteiger partial charge in [0.15, 0.2) is 0 Å². The van der Waals surface area contributed by atoms with Gasteiger partial charge in [-0.05, 0) is 128 Å². The van der Waals surface area contributed by atoms with Crippen LogP contribution in [-0.4, -0.2) is 19.8 Å². The summed E-state index contributed by atoms with van der Waals surface area (Å²) in [7, 11) is 0. The molecule has 0 spiro atoms. The van der Waals surface area contributed by atoms with Gasteiger partial charge in [0.25, 0.3) is 0 Å². The summed E-state index contributed by atoms with van der Waals surface area (Å²) in [5.41, 5.74) is 22.6. The van der Waals surface area contributed by atoms with E-state index in [1.807, 2.05) is 24.3 Å². The number of hydrogen-bond donors (Lipinski definition) is 0. The third-order valence-electron chi connectivity index (χ3n) is 15.1. The summed E-state index contributed by atoms with van der Waals surface area (Å²) in [6.45, 7) is 2.14. The number of anilines is 2. The predicted molar refractivity (Wildman–Crippen MR) is 317 cm³/mol. The molecular weight excluding hydrogens is 937 g/mol. The maximum atomic E-state index is 12.2. The summed E-state index contributed by atoms with van der Waals surface area (Å²) in [6.07, 6.45) is 0.576. The van der Waals surface area contributed by atoms with Crippen molar-refractivity contribution < 1.29 is 0 Å². The van der Waals surface area contributed by atoms with Gasteiger partial charge in [0, 0.05) is 17.5 Å². The lowest BCUT2D eigenvalue weighted by Gasteiger charge is -2.28. The van der Waals surface area contributed by atoms with Gasteiger partial charge in [0.05, 0.1) is 50.4 Å². The molecule has 0 N–H and O–H groups in total. The van der Waals surface area contributed by atoms with E-state index in [1.54, 1.807) is 0 Å². The summed E-state index contributed by atoms with van der Waals surface area (Å²) in [4.78, 5) is 13.5. The number of aryl methyl sites for hydroxylation is 1. The number of rotatable bonds is 9. The fraction of sp³-hybridized carbons (Fsp3) is 0.0282. The van der Waals surface area contributed by atoms with E-state index >= 15 is 0 Å². The molecule has 6 heteroatoms. The number of benzene rings is 11. The van der Waals surface area contributed by atoms with Crippen LogP contribution in [0.2, 0.25) is 0 Å². The van der Waals surface area contributed by atoms with Gasteiger partial charge in [-0.1, -0.05) is 206 Å². The third-order valence-corrected chi connectivity index (χ3v) is 15.1. The zero-order valence-electron chi connectivity index (χ0n) is 42.2. The highest BCUT2D eigenvalue weighted by molar-refractivity contribution is 6.15. The van der Waals surface area contributed by atoms with Crippen LogP contribution in [0.4, 0.5) is 17.1 Å². The SMILES string of the molecule is Cc1cc(-c2ccccc2)ccc1N=C1Cc2cc(-c3ccccc3)ccc2N1c1cc(-c2ccccc2)c(-n2c3ccc(-c4ccccc4)cc3n3c4cc(-c5ccccc5)ccc4nc23)c(C#N)c1-c1ccccc1. The van der Waals surface area contributed by atoms with Crippen molar-refractivity contribution in [2.24, 2.45) is 4.99 Å². The lowest BCUT2D eigenvalue weighted by molar-refractivity contribution is 1.10. The minimum atomic E-state index is 0.521. The lowest BCUT2D eigenvalue weighted by Crippen LogP contribution is -2.23. The first-order valence-electron chi connectivity index (χ1n) is 26.1. The number of imidazole rings is 2. The van der Waals surface area contributed by atoms with E-state index in [0.29, 0.717) is 17.8 Å². The standard InChI is InChI=1S/C71H48N6/c1-47-40-54(48-20-8-2-9-21-48)32-36-61(47)73-68-44-58-41-55(49-22-10-3-11-23-49)34-38-63(58)75(68)67-45-59(52-28-16-6-17-29-52)70(60(46-72)69(67)53-30-18-7-19-31-53)77-64-39-35-57(51-26-14-5-15-27-51)43-66(64)76-65-42-56(50-24-12-4-13-25-50)33-37-62(65)74-71(76)77/h2-43,45H,44H2,1H3. The molecule has 0 amide bonds. The van der Waals surface area contributed by atoms with Crippen molar-refractivity contribution in [2.75, 3.05) is 4.90 Å². The van der Waals surface area contributed by atoms with E-state index in [1.165, 1.54) is 0 Å². The van der Waals surface area contributed by atoms with Crippen LogP contribution < -0.4 is 4.90 Å². The molecule has 14 rings (SSSR count). The van der Waals surface area contributed by atoms with Crippen molar-refractivity contribution in [1.29, 1.82) is 5.26 Å². The Kier molecular flexibility index (Phi) is 11.1. The normalized spacial score (nSPS) is 12.7. The maximum Gasteiger partial charge on any atom is 0.220 e. The number of nitriles is 1. The van der Waals surface area contributed by atoms with Gasteiger partial charge in [0.1, 0.15) is 11.9 Å². The van der Waals surface area contributed by atoms with Crippen LogP contribution in [-0.2, 0) is 6.42 Å². The molecule has 2 aromatic heterocycles. The first-order valence-corrected chi connectivity index (χ1v) is 26.1. The Morgan fingerprint density at radius 2 is 0.935 bits per heavy atom. The topological polar surface area (TPSA) is 61.6 Å². The molecule has 0 saturated heterocycles. The Balaban J connectivity index is 1.07. The van der Waals surface area contributed by atoms with Crippen molar-refractivity contribution in [3.63, 3.8) is 0 Å². The van der Waals surface area contributed by atoms with E-state index in [9.17, 15) is 5.26 Å². The Bertz CT molecular complexity index is 4460. The van der Waals surface area contributed by atoms with E-state index in [-0.39, 0.29) is 0 Å². The fourth-order valence-corrected chi connectivity index (χ4v) is 11.4. The summed E-state index contributed by atoms with van der Waals surface area (Å²) in [5, 5.41) is 12.2. The van der Waals surface area contributed by atoms with Crippen molar-refractivity contribution in [1.82, 2.24) is 14.0 Å². The first kappa shape index (κ1) is 45.3. The summed E-state index contributed by atoms with van der Waals surface area (Å²) < 4.78 is 4.52. The molecule has 13 aromatic rings. The molecule has 6 nitrogen and oxygen atoms in total. The average Bonchev–Trinajstić information content (AvgIpc) is 4.38. The molecule has 0 atom stereocenters. The quantitative estimate of drug-likeness (QED) is 0.145. The monoisotopic (exact) mass is 984 g/mol. The molecule has 1 aliphatic rings. The molecule has 0 bridgehead atoms. The van der Waals surface area contributed by atoms with Crippen LogP contribution in [0.5, 0.6) is 0 Å². The highest BCUT2D eigenvalue weighted by Gasteiger charge is 2.34. The Hall–Kier alpha value is -10.4. The summed E-state index contributed by atoms with van der Waals surface area (Å²) in [5.74, 6) is 1.58. The average molecular weight is 985 g/mol. The molecule has 0 fully saturated rings. The molecule has 0 saturated carbocycles. The Morgan fingerprint density at radius 1 is 0.442 bits per heavy atom. The zero-order valence-corrected chi connectivity index (χ0v) is 42.2. The van der Waals surface area contributed by atoms with Gasteiger partial charge in [-0.3, -0.25) is 13.9 Å². The Morgan fingerprint density at radius 3 is 1.51 bits per heavy atom. The lowest BCUT2D eigenvalue weighted by atomic mass is 9.90. The summed E-state index contributed by atoms with van der Waals surface area (Å²) in [6, 6.07) is 94.6. The van der Waals surface area contributed by atoms with E-state index in [2.05, 4.69) is 263 Å². The molecule has 1 aliphatic heterocycles. The Labute approximate surface area is 447 Å². The van der Waals surface area contributed by atoms with E-state index in [0.717, 1.165) is 129 Å². The van der Waals surface area contributed by atoms with Crippen LogP contribution in [0, 0.1) is 18.3 Å². The zero-order chi connectivity index (χ0) is 51.4. The molecule has 11 aromatic carbocycles. The molecule has 0 radical (unpaired) electrons. The van der Waals surface area contributed by atoms with Gasteiger partial charge >= 0.3 is 0 Å². The van der Waals surface area contributed by atoms with Crippen molar-refractivity contribution in [2.45, 2.75) is 13.3 Å². The van der Waals surface area contributed by atoms with Gasteiger partial charge in [-0.2, -0.15) is 5.26 Å². The smallest absolute Gasteiger partial charge is 0.220 e. The van der Waals surface area contributed by atoms with Crippen molar-refractivity contribution in [3.8, 4) is 78.5 Å². The molecule has 362 valence electrons. The highest BCUT2D eigenvalue weighted by Crippen LogP contribution is 2.50. The largest absolute Gasteiger partial charge is 0.297 e. The van der Waals surface area contributed by atoms with E-state index < -0.39 is 0 Å². The van der Waals surface area contributed by atoms with Crippen LogP contribution in [0.25, 0.3) is 100 Å². The molecule has 3 heterocycles. The number of aliphatic imine (C=N–C) groups is 1. The van der Waals surface area contributed by atoms with Gasteiger partial charge in [-0.25, -0.2) is 9.98 Å². The number of nitrogens with zero attached hydrogens (tertiary/aromatic N) is 6. The third kappa shape index (κ3) is 7.89. The second-order valence-electron chi connectivity index (χ2n) is 19.7. The van der Waals surface area contributed by atoms with Gasteiger partial charge < -0.3 is 0 Å². The highest BCUT2D eigenvalue weighted by atomic mass is 15.2. The van der Waals surface area contributed by atoms with Gasteiger partial charge in [0.2, 0.25) is 5.78 Å². The van der Waals surface area contributed by atoms with E-state index in [4.69, 9.17) is 9.98 Å². The van der Waals surface area contributed by atoms with Gasteiger partial charge in [-0.15, -0.1) is 0 Å². The van der Waals surface area contributed by atoms with Crippen LogP contribution >= 0.6 is 0 Å². The van der Waals surface area contributed by atoms with Crippen molar-refractivity contribution >= 4 is 50.7 Å². The number of aromatic nitrogens is 3. The molecule has 0 aliphatic carbocycles. The van der Waals surface area contributed by atoms with Crippen LogP contribution in [0.15, 0.2) is 266 Å². The first-order chi connectivity index (χ1) is 38.1.